The van der Waals surface area contributed by atoms with Crippen LogP contribution in [0.4, 0.5) is 15.2 Å². The van der Waals surface area contributed by atoms with Crippen molar-refractivity contribution in [1.82, 2.24) is 9.88 Å². The van der Waals surface area contributed by atoms with E-state index in [2.05, 4.69) is 21.3 Å². The molecule has 1 saturated heterocycles. The molecule has 170 valence electrons. The number of benzene rings is 2. The molecule has 1 fully saturated rings. The van der Waals surface area contributed by atoms with Gasteiger partial charge in [-0.2, -0.15) is 0 Å². The van der Waals surface area contributed by atoms with Crippen LogP contribution in [-0.4, -0.2) is 47.9 Å². The third-order valence-electron chi connectivity index (χ3n) is 6.17. The molecular weight excluding hydrogens is 439 g/mol. The normalized spacial score (nSPS) is 16.0. The number of likely N-dealkylation sites (tertiary alicyclic amines) is 1. The minimum atomic E-state index is -0.358. The first-order chi connectivity index (χ1) is 16.1. The van der Waals surface area contributed by atoms with Crippen LogP contribution in [0.25, 0.3) is 11.3 Å². The number of piperidine rings is 1. The number of hydrogen-bond donors (Lipinski definition) is 1. The minimum Gasteiger partial charge on any atom is -0.308 e. The van der Waals surface area contributed by atoms with Gasteiger partial charge in [0, 0.05) is 28.7 Å². The molecule has 0 atom stereocenters. The Labute approximate surface area is 196 Å². The van der Waals surface area contributed by atoms with Crippen LogP contribution in [0.3, 0.4) is 0 Å². The molecule has 2 aliphatic heterocycles. The highest BCUT2D eigenvalue weighted by Crippen LogP contribution is 2.34. The lowest BCUT2D eigenvalue weighted by atomic mass is 10.1. The van der Waals surface area contributed by atoms with E-state index in [0.29, 0.717) is 23.8 Å². The zero-order valence-corrected chi connectivity index (χ0v) is 19.0. The Morgan fingerprint density at radius 3 is 2.61 bits per heavy atom. The summed E-state index contributed by atoms with van der Waals surface area (Å²) in [4.78, 5) is 33.8. The molecular formula is C25H25FN4O2S. The number of hydrogen-bond acceptors (Lipinski definition) is 5. The number of halogens is 1. The van der Waals surface area contributed by atoms with E-state index in [1.54, 1.807) is 4.90 Å². The van der Waals surface area contributed by atoms with Gasteiger partial charge in [0.15, 0.2) is 5.13 Å². The fraction of sp³-hybridized carbons (Fsp3) is 0.320. The first kappa shape index (κ1) is 21.7. The number of nitrogens with one attached hydrogen (secondary N) is 1. The zero-order valence-electron chi connectivity index (χ0n) is 18.2. The first-order valence-electron chi connectivity index (χ1n) is 11.3. The van der Waals surface area contributed by atoms with Crippen molar-refractivity contribution in [2.75, 3.05) is 36.4 Å². The maximum Gasteiger partial charge on any atom is 0.258 e. The summed E-state index contributed by atoms with van der Waals surface area (Å²) < 4.78 is 13.2. The van der Waals surface area contributed by atoms with Crippen LogP contribution < -0.4 is 10.2 Å². The van der Waals surface area contributed by atoms with E-state index in [-0.39, 0.29) is 17.6 Å². The van der Waals surface area contributed by atoms with E-state index >= 15 is 0 Å². The van der Waals surface area contributed by atoms with Crippen LogP contribution in [0.5, 0.6) is 0 Å². The van der Waals surface area contributed by atoms with Gasteiger partial charge in [-0.15, -0.1) is 11.3 Å². The minimum absolute atomic E-state index is 0.0262. The summed E-state index contributed by atoms with van der Waals surface area (Å²) in [7, 11) is 0. The molecule has 8 heteroatoms. The maximum absolute atomic E-state index is 13.2. The number of aromatic nitrogens is 1. The quantitative estimate of drug-likeness (QED) is 0.601. The topological polar surface area (TPSA) is 65.5 Å². The van der Waals surface area contributed by atoms with Crippen molar-refractivity contribution >= 4 is 34.0 Å². The van der Waals surface area contributed by atoms with Gasteiger partial charge in [-0.3, -0.25) is 14.5 Å². The highest BCUT2D eigenvalue weighted by Gasteiger charge is 2.26. The van der Waals surface area contributed by atoms with Crippen molar-refractivity contribution in [3.05, 3.63) is 64.8 Å². The summed E-state index contributed by atoms with van der Waals surface area (Å²) >= 11 is 1.42. The number of rotatable bonds is 5. The Balaban J connectivity index is 1.26. The number of amides is 2. The van der Waals surface area contributed by atoms with Gasteiger partial charge >= 0.3 is 0 Å². The van der Waals surface area contributed by atoms with Crippen molar-refractivity contribution < 1.29 is 14.0 Å². The molecule has 0 aliphatic carbocycles. The number of nitrogens with zero attached hydrogens (tertiary/aromatic N) is 3. The maximum atomic E-state index is 13.2. The van der Waals surface area contributed by atoms with E-state index in [9.17, 15) is 14.0 Å². The summed E-state index contributed by atoms with van der Waals surface area (Å²) in [5.41, 5.74) is 4.18. The predicted molar refractivity (Wildman–Crippen MR) is 128 cm³/mol. The van der Waals surface area contributed by atoms with Crippen LogP contribution in [0.2, 0.25) is 0 Å². The molecule has 3 aromatic rings. The van der Waals surface area contributed by atoms with Gasteiger partial charge in [0.05, 0.1) is 12.2 Å². The number of thiazole rings is 1. The number of anilines is 2. The molecule has 1 N–H and O–H groups in total. The van der Waals surface area contributed by atoms with Gasteiger partial charge in [0.1, 0.15) is 5.82 Å². The first-order valence-corrected chi connectivity index (χ1v) is 12.1. The van der Waals surface area contributed by atoms with Crippen LogP contribution in [0.1, 0.15) is 35.2 Å². The van der Waals surface area contributed by atoms with Crippen LogP contribution in [0, 0.1) is 5.82 Å². The molecule has 6 nitrogen and oxygen atoms in total. The summed E-state index contributed by atoms with van der Waals surface area (Å²) in [5.74, 6) is -0.515. The smallest absolute Gasteiger partial charge is 0.258 e. The predicted octanol–water partition coefficient (Wildman–Crippen LogP) is 4.58. The van der Waals surface area contributed by atoms with Crippen LogP contribution >= 0.6 is 11.3 Å². The van der Waals surface area contributed by atoms with Gasteiger partial charge in [-0.05, 0) is 74.3 Å². The second kappa shape index (κ2) is 9.41. The number of carbonyl (C=O) groups is 2. The van der Waals surface area contributed by atoms with Gasteiger partial charge in [0.2, 0.25) is 5.91 Å². The fourth-order valence-corrected chi connectivity index (χ4v) is 5.20. The molecule has 5 rings (SSSR count). The molecule has 0 spiro atoms. The van der Waals surface area contributed by atoms with Crippen molar-refractivity contribution in [3.63, 3.8) is 0 Å². The SMILES string of the molecule is O=C(CN1CCCCC1)Nc1nc(-c2ccc3c(c2)CCN3C(=O)c2ccc(F)cc2)cs1. The van der Waals surface area contributed by atoms with Crippen molar-refractivity contribution in [3.8, 4) is 11.3 Å². The Morgan fingerprint density at radius 2 is 1.82 bits per heavy atom. The molecule has 3 heterocycles. The van der Waals surface area contributed by atoms with Crippen LogP contribution in [0.15, 0.2) is 47.8 Å². The summed E-state index contributed by atoms with van der Waals surface area (Å²) in [6, 6.07) is 11.6. The van der Waals surface area contributed by atoms with Gasteiger partial charge in [-0.1, -0.05) is 12.5 Å². The van der Waals surface area contributed by atoms with Crippen molar-refractivity contribution in [1.29, 1.82) is 0 Å². The molecule has 0 radical (unpaired) electrons. The summed E-state index contributed by atoms with van der Waals surface area (Å²) in [6.45, 7) is 2.95. The standard InChI is InChI=1S/C25H25FN4O2S/c26-20-7-4-17(5-8-20)24(32)30-13-10-19-14-18(6-9-22(19)30)21-16-33-25(27-21)28-23(31)15-29-11-2-1-3-12-29/h4-9,14,16H,1-3,10-13,15H2,(H,27,28,31). The molecule has 33 heavy (non-hydrogen) atoms. The molecule has 2 amide bonds. The average molecular weight is 465 g/mol. The van der Waals surface area contributed by atoms with Crippen molar-refractivity contribution in [2.24, 2.45) is 0 Å². The number of fused-ring (bicyclic) bond motifs is 1. The van der Waals surface area contributed by atoms with E-state index < -0.39 is 0 Å². The van der Waals surface area contributed by atoms with E-state index in [1.807, 2.05) is 17.5 Å². The second-order valence-corrected chi connectivity index (χ2v) is 9.34. The average Bonchev–Trinajstić information content (AvgIpc) is 3.46. The van der Waals surface area contributed by atoms with Gasteiger partial charge in [0.25, 0.3) is 5.91 Å². The lowest BCUT2D eigenvalue weighted by Crippen LogP contribution is -2.36. The molecule has 0 bridgehead atoms. The molecule has 0 unspecified atom stereocenters. The highest BCUT2D eigenvalue weighted by atomic mass is 32.1. The van der Waals surface area contributed by atoms with Gasteiger partial charge < -0.3 is 10.2 Å². The lowest BCUT2D eigenvalue weighted by molar-refractivity contribution is -0.117. The molecule has 2 aliphatic rings. The molecule has 0 saturated carbocycles. The zero-order chi connectivity index (χ0) is 22.8. The largest absolute Gasteiger partial charge is 0.308 e. The van der Waals surface area contributed by atoms with Crippen LogP contribution in [-0.2, 0) is 11.2 Å². The Hall–Kier alpha value is -3.10. The Morgan fingerprint density at radius 1 is 1.03 bits per heavy atom. The summed E-state index contributed by atoms with van der Waals surface area (Å²) in [6.07, 6.45) is 4.30. The van der Waals surface area contributed by atoms with E-state index in [1.165, 1.54) is 42.0 Å². The number of carbonyl (C=O) groups excluding carboxylic acids is 2. The third-order valence-corrected chi connectivity index (χ3v) is 6.93. The van der Waals surface area contributed by atoms with E-state index in [0.717, 1.165) is 54.9 Å². The molecule has 2 aromatic carbocycles. The van der Waals surface area contributed by atoms with Gasteiger partial charge in [-0.25, -0.2) is 9.37 Å². The Bertz CT molecular complexity index is 1170. The Kier molecular flexibility index (Phi) is 6.20. The second-order valence-electron chi connectivity index (χ2n) is 8.48. The van der Waals surface area contributed by atoms with Crippen molar-refractivity contribution in [2.45, 2.75) is 25.7 Å². The highest BCUT2D eigenvalue weighted by molar-refractivity contribution is 7.14. The monoisotopic (exact) mass is 464 g/mol. The molecule has 1 aromatic heterocycles. The summed E-state index contributed by atoms with van der Waals surface area (Å²) in [5, 5.41) is 5.46. The lowest BCUT2D eigenvalue weighted by Gasteiger charge is -2.25. The van der Waals surface area contributed by atoms with E-state index in [4.69, 9.17) is 0 Å². The third kappa shape index (κ3) is 4.82. The fourth-order valence-electron chi connectivity index (χ4n) is 4.46.